The molecule has 1 amide bonds. The Balaban J connectivity index is 2.19. The zero-order valence-electron chi connectivity index (χ0n) is 10.5. The van der Waals surface area contributed by atoms with Crippen LogP contribution in [0.3, 0.4) is 0 Å². The Morgan fingerprint density at radius 3 is 2.36 bits per heavy atom. The molecule has 0 spiro atoms. The molecule has 0 saturated carbocycles. The number of anilines is 1. The standard InChI is InChI=1S/C11H7F3N2O5S/c12-11(13,14)22(19,20)8-5-15-10(21-8)16-9(18)6-1-3-7(17)4-2-6/h1-5,17H,(H,15,16,18). The number of benzene rings is 1. The van der Waals surface area contributed by atoms with Crippen molar-refractivity contribution in [2.24, 2.45) is 0 Å². The lowest BCUT2D eigenvalue weighted by Crippen LogP contribution is -2.22. The van der Waals surface area contributed by atoms with E-state index >= 15 is 0 Å². The van der Waals surface area contributed by atoms with Gasteiger partial charge in [-0.05, 0) is 24.3 Å². The maximum atomic E-state index is 12.3. The smallest absolute Gasteiger partial charge is 0.505 e. The Hall–Kier alpha value is -2.56. The molecule has 0 aliphatic rings. The Morgan fingerprint density at radius 2 is 1.82 bits per heavy atom. The molecule has 22 heavy (non-hydrogen) atoms. The van der Waals surface area contributed by atoms with Gasteiger partial charge in [0.25, 0.3) is 5.91 Å². The van der Waals surface area contributed by atoms with Crippen LogP contribution in [0.1, 0.15) is 10.4 Å². The molecule has 1 aromatic carbocycles. The van der Waals surface area contributed by atoms with Crippen LogP contribution in [0.15, 0.2) is 40.0 Å². The SMILES string of the molecule is O=C(Nc1ncc(S(=O)(=O)C(F)(F)F)o1)c1ccc(O)cc1. The second kappa shape index (κ2) is 5.33. The number of nitrogens with zero attached hydrogens (tertiary/aromatic N) is 1. The van der Waals surface area contributed by atoms with E-state index in [9.17, 15) is 26.4 Å². The minimum atomic E-state index is -5.68. The molecule has 1 heterocycles. The number of halogens is 3. The predicted octanol–water partition coefficient (Wildman–Crippen LogP) is 1.93. The number of aromatic hydroxyl groups is 1. The summed E-state index contributed by atoms with van der Waals surface area (Å²) in [5.41, 5.74) is -5.48. The quantitative estimate of drug-likeness (QED) is 0.886. The number of carbonyl (C=O) groups is 1. The first kappa shape index (κ1) is 15.8. The summed E-state index contributed by atoms with van der Waals surface area (Å²) in [5.74, 6) is -0.899. The Labute approximate surface area is 121 Å². The number of aromatic nitrogens is 1. The molecular weight excluding hydrogens is 329 g/mol. The highest BCUT2D eigenvalue weighted by molar-refractivity contribution is 7.92. The Kier molecular flexibility index (Phi) is 3.83. The van der Waals surface area contributed by atoms with Crippen molar-refractivity contribution in [2.75, 3.05) is 5.32 Å². The van der Waals surface area contributed by atoms with Crippen LogP contribution < -0.4 is 5.32 Å². The molecule has 7 nitrogen and oxygen atoms in total. The van der Waals surface area contributed by atoms with Gasteiger partial charge >= 0.3 is 21.4 Å². The van der Waals surface area contributed by atoms with Crippen LogP contribution in [0.5, 0.6) is 5.75 Å². The fraction of sp³-hybridized carbons (Fsp3) is 0.0909. The van der Waals surface area contributed by atoms with Crippen molar-refractivity contribution in [1.29, 1.82) is 0 Å². The highest BCUT2D eigenvalue weighted by Crippen LogP contribution is 2.31. The number of amides is 1. The first-order valence-corrected chi connectivity index (χ1v) is 6.97. The predicted molar refractivity (Wildman–Crippen MR) is 65.8 cm³/mol. The summed E-state index contributed by atoms with van der Waals surface area (Å²) in [6.07, 6.45) is 0.343. The third-order valence-electron chi connectivity index (χ3n) is 2.40. The van der Waals surface area contributed by atoms with Gasteiger partial charge in [-0.1, -0.05) is 0 Å². The molecule has 0 bridgehead atoms. The summed E-state index contributed by atoms with van der Waals surface area (Å²) < 4.78 is 63.4. The number of nitrogens with one attached hydrogen (secondary N) is 1. The van der Waals surface area contributed by atoms with Gasteiger partial charge in [0.15, 0.2) is 0 Å². The summed E-state index contributed by atoms with van der Waals surface area (Å²) in [7, 11) is -5.68. The van der Waals surface area contributed by atoms with Crippen molar-refractivity contribution in [3.63, 3.8) is 0 Å². The third-order valence-corrected chi connectivity index (χ3v) is 3.73. The molecule has 118 valence electrons. The van der Waals surface area contributed by atoms with Crippen molar-refractivity contribution in [1.82, 2.24) is 4.98 Å². The monoisotopic (exact) mass is 336 g/mol. The van der Waals surface area contributed by atoms with Crippen molar-refractivity contribution >= 4 is 21.8 Å². The molecule has 0 radical (unpaired) electrons. The lowest BCUT2D eigenvalue weighted by atomic mass is 10.2. The number of rotatable bonds is 3. The molecule has 0 aliphatic carbocycles. The summed E-state index contributed by atoms with van der Waals surface area (Å²) in [6.45, 7) is 0. The average molecular weight is 336 g/mol. The van der Waals surface area contributed by atoms with E-state index in [0.29, 0.717) is 6.20 Å². The normalized spacial score (nSPS) is 12.1. The third kappa shape index (κ3) is 3.03. The first-order chi connectivity index (χ1) is 10.1. The number of hydrogen-bond donors (Lipinski definition) is 2. The van der Waals surface area contributed by atoms with Crippen LogP contribution in [-0.4, -0.2) is 29.9 Å². The largest absolute Gasteiger partial charge is 0.508 e. The lowest BCUT2D eigenvalue weighted by Gasteiger charge is -2.04. The number of alkyl halides is 3. The number of sulfone groups is 1. The number of phenols is 1. The maximum absolute atomic E-state index is 12.3. The number of phenolic OH excluding ortho intramolecular Hbond substituents is 1. The molecule has 0 atom stereocenters. The minimum Gasteiger partial charge on any atom is -0.508 e. The topological polar surface area (TPSA) is 110 Å². The summed E-state index contributed by atoms with van der Waals surface area (Å²) in [6, 6.07) is 4.19. The van der Waals surface area contributed by atoms with Gasteiger partial charge in [-0.25, -0.2) is 13.4 Å². The second-order valence-electron chi connectivity index (χ2n) is 3.93. The highest BCUT2D eigenvalue weighted by Gasteiger charge is 2.49. The zero-order chi connectivity index (χ0) is 16.5. The van der Waals surface area contributed by atoms with Crippen molar-refractivity contribution < 1.29 is 35.9 Å². The molecule has 0 unspecified atom stereocenters. The van der Waals surface area contributed by atoms with Crippen LogP contribution >= 0.6 is 0 Å². The van der Waals surface area contributed by atoms with E-state index in [-0.39, 0.29) is 11.3 Å². The molecule has 1 aromatic heterocycles. The van der Waals surface area contributed by atoms with Gasteiger partial charge in [0, 0.05) is 5.56 Å². The van der Waals surface area contributed by atoms with Gasteiger partial charge in [-0.15, -0.1) is 0 Å². The summed E-state index contributed by atoms with van der Waals surface area (Å²) >= 11 is 0. The lowest BCUT2D eigenvalue weighted by molar-refractivity contribution is -0.0446. The van der Waals surface area contributed by atoms with Gasteiger partial charge in [-0.2, -0.15) is 13.2 Å². The van der Waals surface area contributed by atoms with Crippen molar-refractivity contribution in [3.05, 3.63) is 36.0 Å². The van der Waals surface area contributed by atoms with Gasteiger partial charge in [-0.3, -0.25) is 10.1 Å². The molecule has 0 fully saturated rings. The van der Waals surface area contributed by atoms with Crippen LogP contribution in [0.2, 0.25) is 0 Å². The van der Waals surface area contributed by atoms with Crippen molar-refractivity contribution in [2.45, 2.75) is 10.6 Å². The number of hydrogen-bond acceptors (Lipinski definition) is 6. The number of carbonyl (C=O) groups excluding carboxylic acids is 1. The molecule has 11 heteroatoms. The summed E-state index contributed by atoms with van der Waals surface area (Å²) in [5, 5.41) is 9.62. The molecule has 2 N–H and O–H groups in total. The fourth-order valence-corrected chi connectivity index (χ4v) is 1.95. The second-order valence-corrected chi connectivity index (χ2v) is 5.81. The Morgan fingerprint density at radius 1 is 1.23 bits per heavy atom. The first-order valence-electron chi connectivity index (χ1n) is 5.49. The van der Waals surface area contributed by atoms with E-state index in [0.717, 1.165) is 0 Å². The van der Waals surface area contributed by atoms with Gasteiger partial charge in [0.1, 0.15) is 5.75 Å². The molecule has 0 saturated heterocycles. The van der Waals surface area contributed by atoms with Crippen molar-refractivity contribution in [3.8, 4) is 5.75 Å². The molecule has 0 aliphatic heterocycles. The fourth-order valence-electron chi connectivity index (χ4n) is 1.34. The van der Waals surface area contributed by atoms with E-state index < -0.39 is 32.4 Å². The van der Waals surface area contributed by atoms with E-state index in [4.69, 9.17) is 5.11 Å². The van der Waals surface area contributed by atoms with Crippen LogP contribution in [0.25, 0.3) is 0 Å². The minimum absolute atomic E-state index is 0.0521. The molecule has 2 rings (SSSR count). The van der Waals surface area contributed by atoms with E-state index in [1.54, 1.807) is 0 Å². The van der Waals surface area contributed by atoms with E-state index in [1.807, 2.05) is 5.32 Å². The Bertz CT molecular complexity index is 796. The molecule has 2 aromatic rings. The van der Waals surface area contributed by atoms with E-state index in [2.05, 4.69) is 9.40 Å². The number of oxazole rings is 1. The average Bonchev–Trinajstić information content (AvgIpc) is 2.87. The van der Waals surface area contributed by atoms with Gasteiger partial charge < -0.3 is 9.52 Å². The van der Waals surface area contributed by atoms with E-state index in [1.165, 1.54) is 24.3 Å². The zero-order valence-corrected chi connectivity index (χ0v) is 11.3. The summed E-state index contributed by atoms with van der Waals surface area (Å²) in [4.78, 5) is 15.0. The van der Waals surface area contributed by atoms with Crippen LogP contribution in [-0.2, 0) is 9.84 Å². The van der Waals surface area contributed by atoms with Gasteiger partial charge in [0.05, 0.1) is 6.20 Å². The highest BCUT2D eigenvalue weighted by atomic mass is 32.2. The van der Waals surface area contributed by atoms with Crippen LogP contribution in [0, 0.1) is 0 Å². The molecular formula is C11H7F3N2O5S. The van der Waals surface area contributed by atoms with Gasteiger partial charge in [0.2, 0.25) is 5.09 Å². The maximum Gasteiger partial charge on any atom is 0.505 e. The van der Waals surface area contributed by atoms with Crippen LogP contribution in [0.4, 0.5) is 19.2 Å².